The summed E-state index contributed by atoms with van der Waals surface area (Å²) in [7, 11) is 0. The van der Waals surface area contributed by atoms with Gasteiger partial charge < -0.3 is 4.90 Å². The van der Waals surface area contributed by atoms with Gasteiger partial charge in [-0.3, -0.25) is 4.90 Å². The van der Waals surface area contributed by atoms with Crippen molar-refractivity contribution >= 4 is 17.4 Å². The van der Waals surface area contributed by atoms with E-state index in [-0.39, 0.29) is 0 Å². The van der Waals surface area contributed by atoms with Gasteiger partial charge in [-0.05, 0) is 43.9 Å². The Morgan fingerprint density at radius 2 is 2.10 bits per heavy atom. The van der Waals surface area contributed by atoms with Gasteiger partial charge in [-0.2, -0.15) is 5.10 Å². The molecular formula is C14H20N6S. The lowest BCUT2D eigenvalue weighted by molar-refractivity contribution is 0.228. The van der Waals surface area contributed by atoms with E-state index in [1.54, 1.807) is 6.20 Å². The van der Waals surface area contributed by atoms with Crippen molar-refractivity contribution in [1.82, 2.24) is 24.7 Å². The molecule has 6 nitrogen and oxygen atoms in total. The molecule has 112 valence electrons. The van der Waals surface area contributed by atoms with Crippen molar-refractivity contribution < 1.29 is 0 Å². The Balaban J connectivity index is 1.67. The SMILES string of the molecule is Cc1nnsc1C(C)N1CCCN(c2cccnn2)CC1. The summed E-state index contributed by atoms with van der Waals surface area (Å²) in [6, 6.07) is 4.36. The normalized spacial score (nSPS) is 18.5. The van der Waals surface area contributed by atoms with Gasteiger partial charge in [0.15, 0.2) is 5.82 Å². The summed E-state index contributed by atoms with van der Waals surface area (Å²) >= 11 is 1.52. The summed E-state index contributed by atoms with van der Waals surface area (Å²) in [4.78, 5) is 6.11. The fourth-order valence-electron chi connectivity index (χ4n) is 2.80. The molecule has 0 aromatic carbocycles. The van der Waals surface area contributed by atoms with E-state index in [0.29, 0.717) is 6.04 Å². The average Bonchev–Trinajstić information content (AvgIpc) is 2.80. The van der Waals surface area contributed by atoms with E-state index >= 15 is 0 Å². The highest BCUT2D eigenvalue weighted by Crippen LogP contribution is 2.26. The first-order chi connectivity index (χ1) is 10.3. The van der Waals surface area contributed by atoms with E-state index in [1.807, 2.05) is 19.1 Å². The maximum Gasteiger partial charge on any atom is 0.151 e. The van der Waals surface area contributed by atoms with Crippen molar-refractivity contribution in [3.05, 3.63) is 28.9 Å². The molecule has 2 aromatic heterocycles. The Morgan fingerprint density at radius 1 is 1.19 bits per heavy atom. The molecular weight excluding hydrogens is 284 g/mol. The maximum absolute atomic E-state index is 4.22. The highest BCUT2D eigenvalue weighted by Gasteiger charge is 2.23. The molecule has 0 radical (unpaired) electrons. The van der Waals surface area contributed by atoms with Crippen LogP contribution in [0.1, 0.15) is 30.0 Å². The van der Waals surface area contributed by atoms with Crippen LogP contribution < -0.4 is 4.90 Å². The van der Waals surface area contributed by atoms with E-state index in [0.717, 1.165) is 44.1 Å². The molecule has 1 atom stereocenters. The lowest BCUT2D eigenvalue weighted by Gasteiger charge is -2.27. The first-order valence-corrected chi connectivity index (χ1v) is 8.08. The summed E-state index contributed by atoms with van der Waals surface area (Å²) in [6.45, 7) is 8.42. The maximum atomic E-state index is 4.22. The van der Waals surface area contributed by atoms with Crippen molar-refractivity contribution in [3.8, 4) is 0 Å². The van der Waals surface area contributed by atoms with Crippen LogP contribution in [-0.4, -0.2) is 50.9 Å². The van der Waals surface area contributed by atoms with Crippen LogP contribution in [0.5, 0.6) is 0 Å². The number of anilines is 1. The zero-order valence-corrected chi connectivity index (χ0v) is 13.3. The van der Waals surface area contributed by atoms with Crippen LogP contribution in [0.3, 0.4) is 0 Å². The zero-order chi connectivity index (χ0) is 14.7. The fourth-order valence-corrected chi connectivity index (χ4v) is 3.53. The number of rotatable bonds is 3. The zero-order valence-electron chi connectivity index (χ0n) is 12.4. The molecule has 1 aliphatic rings. The predicted molar refractivity (Wildman–Crippen MR) is 83.5 cm³/mol. The summed E-state index contributed by atoms with van der Waals surface area (Å²) in [5.41, 5.74) is 1.06. The number of hydrogen-bond donors (Lipinski definition) is 0. The van der Waals surface area contributed by atoms with Crippen molar-refractivity contribution in [1.29, 1.82) is 0 Å². The molecule has 2 aromatic rings. The molecule has 3 rings (SSSR count). The van der Waals surface area contributed by atoms with E-state index in [1.165, 1.54) is 16.4 Å². The molecule has 3 heterocycles. The summed E-state index contributed by atoms with van der Waals surface area (Å²) in [5, 5.41) is 12.3. The predicted octanol–water partition coefficient (Wildman–Crippen LogP) is 1.91. The summed E-state index contributed by atoms with van der Waals surface area (Å²) in [5.74, 6) is 0.975. The van der Waals surface area contributed by atoms with Crippen LogP contribution >= 0.6 is 11.5 Å². The van der Waals surface area contributed by atoms with Gasteiger partial charge in [0.2, 0.25) is 0 Å². The minimum absolute atomic E-state index is 0.381. The third-order valence-corrected chi connectivity index (χ3v) is 5.02. The van der Waals surface area contributed by atoms with E-state index in [9.17, 15) is 0 Å². The Kier molecular flexibility index (Phi) is 4.40. The highest BCUT2D eigenvalue weighted by atomic mass is 32.1. The first-order valence-electron chi connectivity index (χ1n) is 7.31. The quantitative estimate of drug-likeness (QED) is 0.863. The molecule has 7 heteroatoms. The third kappa shape index (κ3) is 3.19. The van der Waals surface area contributed by atoms with Gasteiger partial charge in [0.05, 0.1) is 10.6 Å². The largest absolute Gasteiger partial charge is 0.354 e. The number of aryl methyl sites for hydroxylation is 1. The topological polar surface area (TPSA) is 58.0 Å². The molecule has 1 unspecified atom stereocenters. The van der Waals surface area contributed by atoms with Gasteiger partial charge in [0.1, 0.15) is 0 Å². The Labute approximate surface area is 129 Å². The summed E-state index contributed by atoms with van der Waals surface area (Å²) in [6.07, 6.45) is 2.85. The lowest BCUT2D eigenvalue weighted by atomic mass is 10.2. The lowest BCUT2D eigenvalue weighted by Crippen LogP contribution is -2.32. The van der Waals surface area contributed by atoms with E-state index in [2.05, 4.69) is 36.5 Å². The second kappa shape index (κ2) is 6.44. The molecule has 0 spiro atoms. The van der Waals surface area contributed by atoms with Gasteiger partial charge >= 0.3 is 0 Å². The van der Waals surface area contributed by atoms with Gasteiger partial charge in [-0.25, -0.2) is 0 Å². The second-order valence-corrected chi connectivity index (χ2v) is 6.14. The average molecular weight is 304 g/mol. The molecule has 1 aliphatic heterocycles. The van der Waals surface area contributed by atoms with Crippen molar-refractivity contribution in [2.45, 2.75) is 26.3 Å². The van der Waals surface area contributed by atoms with Crippen molar-refractivity contribution in [3.63, 3.8) is 0 Å². The van der Waals surface area contributed by atoms with Crippen molar-refractivity contribution in [2.75, 3.05) is 31.1 Å². The third-order valence-electron chi connectivity index (χ3n) is 4.03. The smallest absolute Gasteiger partial charge is 0.151 e. The van der Waals surface area contributed by atoms with Crippen LogP contribution in [0, 0.1) is 6.92 Å². The van der Waals surface area contributed by atoms with E-state index < -0.39 is 0 Å². The monoisotopic (exact) mass is 304 g/mol. The Bertz CT molecular complexity index is 572. The van der Waals surface area contributed by atoms with Crippen LogP contribution in [0.4, 0.5) is 5.82 Å². The van der Waals surface area contributed by atoms with Crippen molar-refractivity contribution in [2.24, 2.45) is 0 Å². The molecule has 0 saturated carbocycles. The van der Waals surface area contributed by atoms with Gasteiger partial charge in [0, 0.05) is 38.4 Å². The van der Waals surface area contributed by atoms with Gasteiger partial charge in [-0.1, -0.05) is 4.49 Å². The highest BCUT2D eigenvalue weighted by molar-refractivity contribution is 7.05. The Morgan fingerprint density at radius 3 is 2.81 bits per heavy atom. The minimum atomic E-state index is 0.381. The van der Waals surface area contributed by atoms with Crippen LogP contribution in [0.25, 0.3) is 0 Å². The number of aromatic nitrogens is 4. The number of hydrogen-bond acceptors (Lipinski definition) is 7. The Hall–Kier alpha value is -1.60. The first kappa shape index (κ1) is 14.3. The molecule has 1 saturated heterocycles. The molecule has 0 amide bonds. The van der Waals surface area contributed by atoms with Gasteiger partial charge in [-0.15, -0.1) is 10.2 Å². The van der Waals surface area contributed by atoms with Crippen LogP contribution in [0.2, 0.25) is 0 Å². The molecule has 1 fully saturated rings. The molecule has 0 bridgehead atoms. The number of nitrogens with zero attached hydrogens (tertiary/aromatic N) is 6. The van der Waals surface area contributed by atoms with Crippen LogP contribution in [-0.2, 0) is 0 Å². The van der Waals surface area contributed by atoms with Gasteiger partial charge in [0.25, 0.3) is 0 Å². The molecule has 21 heavy (non-hydrogen) atoms. The fraction of sp³-hybridized carbons (Fsp3) is 0.571. The minimum Gasteiger partial charge on any atom is -0.354 e. The molecule has 0 aliphatic carbocycles. The molecule has 0 N–H and O–H groups in total. The van der Waals surface area contributed by atoms with Crippen LogP contribution in [0.15, 0.2) is 18.3 Å². The second-order valence-electron chi connectivity index (χ2n) is 5.36. The standard InChI is InChI=1S/C14H20N6S/c1-11-14(21-18-16-11)12(2)19-7-4-8-20(10-9-19)13-5-3-6-15-17-13/h3,5-6,12H,4,7-10H2,1-2H3. The summed E-state index contributed by atoms with van der Waals surface area (Å²) < 4.78 is 4.06. The van der Waals surface area contributed by atoms with E-state index in [4.69, 9.17) is 0 Å².